The van der Waals surface area contributed by atoms with Crippen LogP contribution < -0.4 is 15.5 Å². The van der Waals surface area contributed by atoms with Crippen LogP contribution in [-0.2, 0) is 0 Å². The standard InChI is InChI=1S/C55H38N4O/c1-3-4-24-52-54(50-34-49(42-21-14-31-56-55(42)57(50)2)59-45-22-12-10-19-40(45)41-20-11-13-23-46(41)59)44-33-37(27-30-51(44)60-52)36-26-28-47-43(32-36)53-39-18-9-8-15-35(39)25-29-48(53)58(47)38-16-6-5-7-17-38/h3-34H,1-2H3/b4-3-,52-24+,54-50-. The number of likely N-dealkylation sites (N-methyl/N-ethyl adjacent to an activating group) is 1. The molecule has 7 aromatic carbocycles. The lowest BCUT2D eigenvalue weighted by Gasteiger charge is -2.29. The zero-order chi connectivity index (χ0) is 39.9. The second kappa shape index (κ2) is 13.3. The fourth-order valence-corrected chi connectivity index (χ4v) is 9.58. The SMILES string of the molecule is C\C=C/C=c1/oc2ccc(-c3ccc4c(c3)c3c5ccccc5ccc3n4-c3ccccc3)cc2/c1=C1\C=C(n2c3ccccc3c3ccccc32)c2cccnc2N1C. The van der Waals surface area contributed by atoms with E-state index < -0.39 is 0 Å². The van der Waals surface area contributed by atoms with Crippen LogP contribution in [0, 0.1) is 0 Å². The molecule has 284 valence electrons. The van der Waals surface area contributed by atoms with E-state index in [2.05, 4.69) is 197 Å². The van der Waals surface area contributed by atoms with Crippen LogP contribution in [0.2, 0.25) is 0 Å². The molecule has 0 radical (unpaired) electrons. The van der Waals surface area contributed by atoms with Crippen LogP contribution in [0.5, 0.6) is 0 Å². The van der Waals surface area contributed by atoms with Gasteiger partial charge in [-0.25, -0.2) is 4.98 Å². The third-order valence-electron chi connectivity index (χ3n) is 12.2. The fourth-order valence-electron chi connectivity index (χ4n) is 9.58. The molecule has 0 atom stereocenters. The van der Waals surface area contributed by atoms with Crippen molar-refractivity contribution in [2.75, 3.05) is 11.9 Å². The molecule has 0 N–H and O–H groups in total. The van der Waals surface area contributed by atoms with Crippen LogP contribution in [0.15, 0.2) is 193 Å². The molecule has 0 aliphatic carbocycles. The van der Waals surface area contributed by atoms with Crippen molar-refractivity contribution >= 4 is 88.6 Å². The van der Waals surface area contributed by atoms with E-state index >= 15 is 0 Å². The van der Waals surface area contributed by atoms with Gasteiger partial charge >= 0.3 is 0 Å². The van der Waals surface area contributed by atoms with E-state index in [1.807, 2.05) is 25.3 Å². The van der Waals surface area contributed by atoms with Crippen molar-refractivity contribution in [2.24, 2.45) is 0 Å². The third kappa shape index (κ3) is 5.02. The predicted molar refractivity (Wildman–Crippen MR) is 251 cm³/mol. The molecule has 0 bridgehead atoms. The normalized spacial score (nSPS) is 14.5. The molecular formula is C55H38N4O. The number of nitrogens with zero attached hydrogens (tertiary/aromatic N) is 4. The lowest BCUT2D eigenvalue weighted by Crippen LogP contribution is -2.33. The van der Waals surface area contributed by atoms with Gasteiger partial charge in [0.15, 0.2) is 0 Å². The molecule has 1 aliphatic rings. The van der Waals surface area contributed by atoms with E-state index in [0.29, 0.717) is 0 Å². The highest BCUT2D eigenvalue weighted by molar-refractivity contribution is 6.22. The number of furan rings is 1. The maximum atomic E-state index is 6.76. The van der Waals surface area contributed by atoms with Gasteiger partial charge in [-0.15, -0.1) is 0 Å². The smallest absolute Gasteiger partial charge is 0.142 e. The Bertz CT molecular complexity index is 3690. The van der Waals surface area contributed by atoms with Crippen LogP contribution in [-0.4, -0.2) is 21.2 Å². The van der Waals surface area contributed by atoms with Gasteiger partial charge < -0.3 is 18.5 Å². The highest BCUT2D eigenvalue weighted by atomic mass is 16.3. The number of hydrogen-bond acceptors (Lipinski definition) is 3. The van der Waals surface area contributed by atoms with Crippen LogP contribution in [0.4, 0.5) is 5.82 Å². The summed E-state index contributed by atoms with van der Waals surface area (Å²) in [6, 6.07) is 59.0. The number of allylic oxidation sites excluding steroid dienone is 2. The van der Waals surface area contributed by atoms with Crippen LogP contribution >= 0.6 is 0 Å². The maximum Gasteiger partial charge on any atom is 0.142 e. The number of para-hydroxylation sites is 3. The Hall–Kier alpha value is -7.89. The molecule has 0 spiro atoms. The fraction of sp³-hybridized carbons (Fsp3) is 0.0364. The Morgan fingerprint density at radius 1 is 0.567 bits per heavy atom. The van der Waals surface area contributed by atoms with E-state index in [1.54, 1.807) is 0 Å². The van der Waals surface area contributed by atoms with Crippen molar-refractivity contribution in [2.45, 2.75) is 6.92 Å². The topological polar surface area (TPSA) is 39.1 Å². The molecule has 5 heteroatoms. The average Bonchev–Trinajstić information content (AvgIpc) is 3.96. The lowest BCUT2D eigenvalue weighted by molar-refractivity contribution is 0.575. The van der Waals surface area contributed by atoms with Gasteiger partial charge in [-0.05, 0) is 108 Å². The Morgan fingerprint density at radius 3 is 2.02 bits per heavy atom. The molecule has 4 aromatic heterocycles. The first kappa shape index (κ1) is 34.2. The molecule has 1 aliphatic heterocycles. The van der Waals surface area contributed by atoms with E-state index in [9.17, 15) is 0 Å². The summed E-state index contributed by atoms with van der Waals surface area (Å²) in [5, 5.41) is 9.47. The van der Waals surface area contributed by atoms with Gasteiger partial charge in [-0.1, -0.05) is 109 Å². The van der Waals surface area contributed by atoms with Crippen molar-refractivity contribution < 1.29 is 4.42 Å². The van der Waals surface area contributed by atoms with Crippen molar-refractivity contribution in [3.8, 4) is 16.8 Å². The van der Waals surface area contributed by atoms with Crippen LogP contribution in [0.25, 0.3) is 99.6 Å². The molecular weight excluding hydrogens is 733 g/mol. The summed E-state index contributed by atoms with van der Waals surface area (Å²) in [5.74, 6) is 0.891. The molecule has 60 heavy (non-hydrogen) atoms. The second-order valence-corrected chi connectivity index (χ2v) is 15.5. The van der Waals surface area contributed by atoms with Gasteiger partial charge in [0.1, 0.15) is 16.8 Å². The first-order chi connectivity index (χ1) is 29.7. The minimum Gasteiger partial charge on any atom is -0.456 e. The molecule has 0 amide bonds. The van der Waals surface area contributed by atoms with Crippen molar-refractivity contribution in [3.05, 3.63) is 204 Å². The molecule has 0 saturated carbocycles. The van der Waals surface area contributed by atoms with Gasteiger partial charge in [0.05, 0.1) is 38.7 Å². The van der Waals surface area contributed by atoms with E-state index in [0.717, 1.165) is 72.2 Å². The second-order valence-electron chi connectivity index (χ2n) is 15.5. The first-order valence-electron chi connectivity index (χ1n) is 20.5. The molecule has 0 saturated heterocycles. The first-order valence-corrected chi connectivity index (χ1v) is 20.5. The van der Waals surface area contributed by atoms with Gasteiger partial charge in [-0.2, -0.15) is 0 Å². The predicted octanol–water partition coefficient (Wildman–Crippen LogP) is 12.4. The summed E-state index contributed by atoms with van der Waals surface area (Å²) in [6.45, 7) is 2.03. The third-order valence-corrected chi connectivity index (χ3v) is 12.2. The van der Waals surface area contributed by atoms with Crippen molar-refractivity contribution in [1.29, 1.82) is 0 Å². The molecule has 5 heterocycles. The summed E-state index contributed by atoms with van der Waals surface area (Å²) < 4.78 is 11.6. The quantitative estimate of drug-likeness (QED) is 0.179. The minimum absolute atomic E-state index is 0.798. The Kier molecular flexibility index (Phi) is 7.59. The highest BCUT2D eigenvalue weighted by Gasteiger charge is 2.26. The number of hydrogen-bond donors (Lipinski definition) is 0. The summed E-state index contributed by atoms with van der Waals surface area (Å²) in [4.78, 5) is 7.23. The number of pyridine rings is 1. The molecule has 0 unspecified atom stereocenters. The Balaban J connectivity index is 1.14. The Labute approximate surface area is 346 Å². The Morgan fingerprint density at radius 2 is 1.23 bits per heavy atom. The average molecular weight is 771 g/mol. The van der Waals surface area contributed by atoms with E-state index in [-0.39, 0.29) is 0 Å². The van der Waals surface area contributed by atoms with Crippen LogP contribution in [0.1, 0.15) is 12.5 Å². The number of rotatable bonds is 4. The van der Waals surface area contributed by atoms with Crippen molar-refractivity contribution in [1.82, 2.24) is 14.1 Å². The van der Waals surface area contributed by atoms with E-state index in [1.165, 1.54) is 43.4 Å². The van der Waals surface area contributed by atoms with Gasteiger partial charge in [0.25, 0.3) is 0 Å². The summed E-state index contributed by atoms with van der Waals surface area (Å²) >= 11 is 0. The lowest BCUT2D eigenvalue weighted by atomic mass is 9.98. The summed E-state index contributed by atoms with van der Waals surface area (Å²) in [6.07, 6.45) is 10.4. The van der Waals surface area contributed by atoms with E-state index in [4.69, 9.17) is 9.40 Å². The van der Waals surface area contributed by atoms with Gasteiger partial charge in [0, 0.05) is 51.4 Å². The summed E-state index contributed by atoms with van der Waals surface area (Å²) in [7, 11) is 2.11. The molecule has 11 aromatic rings. The molecule has 0 fully saturated rings. The summed E-state index contributed by atoms with van der Waals surface area (Å²) in [5.41, 5.74) is 12.9. The number of anilines is 1. The van der Waals surface area contributed by atoms with Gasteiger partial charge in [0.2, 0.25) is 0 Å². The zero-order valence-electron chi connectivity index (χ0n) is 33.2. The monoisotopic (exact) mass is 770 g/mol. The number of fused-ring (bicyclic) bond motifs is 10. The zero-order valence-corrected chi connectivity index (χ0v) is 33.2. The highest BCUT2D eigenvalue weighted by Crippen LogP contribution is 2.41. The van der Waals surface area contributed by atoms with Crippen LogP contribution in [0.3, 0.4) is 0 Å². The number of benzene rings is 7. The number of aromatic nitrogens is 3. The largest absolute Gasteiger partial charge is 0.456 e. The van der Waals surface area contributed by atoms with Crippen molar-refractivity contribution in [3.63, 3.8) is 0 Å². The van der Waals surface area contributed by atoms with Gasteiger partial charge in [-0.3, -0.25) is 0 Å². The molecule has 12 rings (SSSR count). The molecule has 5 nitrogen and oxygen atoms in total. The maximum absolute atomic E-state index is 6.76. The minimum atomic E-state index is 0.798.